The van der Waals surface area contributed by atoms with Gasteiger partial charge >= 0.3 is 0 Å². The van der Waals surface area contributed by atoms with Crippen LogP contribution in [0.15, 0.2) is 18.2 Å². The lowest BCUT2D eigenvalue weighted by Crippen LogP contribution is -2.49. The Kier molecular flexibility index (Phi) is 14.6. The van der Waals surface area contributed by atoms with E-state index >= 15 is 0 Å². The van der Waals surface area contributed by atoms with Crippen molar-refractivity contribution in [3.05, 3.63) is 51.6 Å². The highest BCUT2D eigenvalue weighted by Gasteiger charge is 2.50. The number of aromatic hydroxyl groups is 2. The number of methoxy groups -OCH3 is 1. The average molecular weight is 813 g/mol. The first-order valence-corrected chi connectivity index (χ1v) is 19.8. The Morgan fingerprint density at radius 3 is 2.26 bits per heavy atom. The molecule has 1 aliphatic heterocycles. The summed E-state index contributed by atoms with van der Waals surface area (Å²) >= 11 is 0. The molecule has 0 saturated carbocycles. The van der Waals surface area contributed by atoms with E-state index in [0.29, 0.717) is 32.8 Å². The summed E-state index contributed by atoms with van der Waals surface area (Å²) in [7, 11) is 1.31. The van der Waals surface area contributed by atoms with Crippen LogP contribution in [0.1, 0.15) is 128 Å². The number of phenolic OH excluding ortho intramolecular Hbond substituents is 2. The van der Waals surface area contributed by atoms with Crippen molar-refractivity contribution < 1.29 is 73.2 Å². The molecule has 15 nitrogen and oxygen atoms in total. The predicted molar refractivity (Wildman–Crippen MR) is 206 cm³/mol. The van der Waals surface area contributed by atoms with Crippen molar-refractivity contribution in [2.45, 2.75) is 116 Å². The van der Waals surface area contributed by atoms with Crippen molar-refractivity contribution in [3.63, 3.8) is 0 Å². The summed E-state index contributed by atoms with van der Waals surface area (Å²) in [6.45, 7) is 8.88. The maximum absolute atomic E-state index is 13.9. The highest BCUT2D eigenvalue weighted by Crippen LogP contribution is 2.52. The van der Waals surface area contributed by atoms with Crippen molar-refractivity contribution in [2.75, 3.05) is 40.1 Å². The molecule has 5 rings (SSSR count). The highest BCUT2D eigenvalue weighted by atomic mass is 16.7. The van der Waals surface area contributed by atoms with Gasteiger partial charge in [-0.3, -0.25) is 24.0 Å². The van der Waals surface area contributed by atoms with Gasteiger partial charge in [-0.05, 0) is 37.2 Å². The zero-order chi connectivity index (χ0) is 42.5. The molecule has 2 aliphatic carbocycles. The topological polar surface area (TPSA) is 233 Å². The molecular weight excluding hydrogens is 756 g/mol. The van der Waals surface area contributed by atoms with Crippen LogP contribution in [-0.4, -0.2) is 119 Å². The van der Waals surface area contributed by atoms with Gasteiger partial charge in [0.25, 0.3) is 0 Å². The van der Waals surface area contributed by atoms with E-state index in [9.17, 15) is 49.5 Å². The molecule has 0 amide bonds. The van der Waals surface area contributed by atoms with Gasteiger partial charge in [-0.2, -0.15) is 0 Å². The molecule has 1 unspecified atom stereocenters. The maximum atomic E-state index is 13.9. The van der Waals surface area contributed by atoms with Crippen molar-refractivity contribution in [2.24, 2.45) is 11.3 Å². The van der Waals surface area contributed by atoms with Crippen LogP contribution in [0.3, 0.4) is 0 Å². The normalized spacial score (nSPS) is 24.2. The third-order valence-electron chi connectivity index (χ3n) is 11.2. The van der Waals surface area contributed by atoms with Crippen LogP contribution >= 0.6 is 0 Å². The van der Waals surface area contributed by atoms with Crippen molar-refractivity contribution in [3.8, 4) is 17.2 Å². The molecule has 1 heterocycles. The Hall–Kier alpha value is -4.09. The van der Waals surface area contributed by atoms with E-state index in [1.165, 1.54) is 25.3 Å². The van der Waals surface area contributed by atoms with E-state index in [-0.39, 0.29) is 77.1 Å². The third-order valence-corrected chi connectivity index (χ3v) is 11.2. The Morgan fingerprint density at radius 2 is 1.59 bits per heavy atom. The van der Waals surface area contributed by atoms with Crippen LogP contribution in [-0.2, 0) is 39.8 Å². The van der Waals surface area contributed by atoms with Crippen LogP contribution in [0.5, 0.6) is 17.2 Å². The molecular formula is C43H56O15. The molecule has 0 radical (unpaired) electrons. The second kappa shape index (κ2) is 18.9. The van der Waals surface area contributed by atoms with E-state index in [1.807, 2.05) is 0 Å². The molecule has 3 aliphatic rings. The Labute approximate surface area is 337 Å². The molecule has 58 heavy (non-hydrogen) atoms. The van der Waals surface area contributed by atoms with Gasteiger partial charge < -0.3 is 49.2 Å². The standard InChI is InChI=1S/C43H56O15/c1-23-37(48)24(18-26(46)12-11-25(45)8-7-14-55-16-17-56-15-13-42(2,3)4)19-32(57-23)58-30-21-43(53,31(47)22-44)20-28-34(30)41(52)36-35(39(28)50)38(49)27-9-6-10-29(54-5)33(27)40(36)51/h6,9-10,23-24,30,32,37,44,48,50,52-53H,7-8,11-22H2,1-5H3/t23-,24-,30-,32?,37+,43-/m0/s1. The summed E-state index contributed by atoms with van der Waals surface area (Å²) in [6, 6.07) is 4.33. The number of benzene rings is 2. The second-order valence-corrected chi connectivity index (χ2v) is 16.7. The number of fused-ring (bicyclic) bond motifs is 3. The van der Waals surface area contributed by atoms with E-state index in [1.54, 1.807) is 6.92 Å². The van der Waals surface area contributed by atoms with Crippen LogP contribution in [0.4, 0.5) is 0 Å². The van der Waals surface area contributed by atoms with Gasteiger partial charge in [0, 0.05) is 74.8 Å². The Balaban J connectivity index is 1.25. The van der Waals surface area contributed by atoms with Gasteiger partial charge in [0.05, 0.1) is 55.3 Å². The molecule has 0 aromatic heterocycles. The number of carbonyl (C=O) groups is 5. The molecule has 5 N–H and O–H groups in total. The molecule has 0 bridgehead atoms. The highest BCUT2D eigenvalue weighted by molar-refractivity contribution is 6.31. The molecule has 15 heteroatoms. The minimum Gasteiger partial charge on any atom is -0.507 e. The number of ether oxygens (including phenoxy) is 5. The summed E-state index contributed by atoms with van der Waals surface area (Å²) < 4.78 is 28.6. The van der Waals surface area contributed by atoms with Gasteiger partial charge in [-0.15, -0.1) is 0 Å². The average Bonchev–Trinajstić information content (AvgIpc) is 3.17. The fraction of sp³-hybridized carbons (Fsp3) is 0.605. The largest absolute Gasteiger partial charge is 0.507 e. The SMILES string of the molecule is COc1cccc2c1C(=O)c1c(O)c3c(c(O)c1C2=O)C[C@@](O)(C(=O)CO)C[C@@H]3OC1C[C@H](CC(=O)CCC(=O)CCCOCCOCCC(C)(C)C)[C@H](O)[C@H](C)O1. The van der Waals surface area contributed by atoms with Crippen LogP contribution in [0.2, 0.25) is 0 Å². The molecule has 6 atom stereocenters. The number of rotatable bonds is 19. The van der Waals surface area contributed by atoms with Crippen LogP contribution in [0, 0.1) is 11.3 Å². The maximum Gasteiger partial charge on any atom is 0.202 e. The summed E-state index contributed by atoms with van der Waals surface area (Å²) in [5, 5.41) is 55.7. The van der Waals surface area contributed by atoms with Gasteiger partial charge in [0.15, 0.2) is 17.9 Å². The fourth-order valence-electron chi connectivity index (χ4n) is 7.88. The second-order valence-electron chi connectivity index (χ2n) is 16.7. The van der Waals surface area contributed by atoms with Crippen molar-refractivity contribution >= 4 is 28.9 Å². The molecule has 1 saturated heterocycles. The van der Waals surface area contributed by atoms with Gasteiger partial charge in [-0.25, -0.2) is 0 Å². The van der Waals surface area contributed by atoms with Crippen molar-refractivity contribution in [1.82, 2.24) is 0 Å². The van der Waals surface area contributed by atoms with E-state index in [2.05, 4.69) is 20.8 Å². The van der Waals surface area contributed by atoms with Gasteiger partial charge in [0.2, 0.25) is 5.78 Å². The summed E-state index contributed by atoms with van der Waals surface area (Å²) in [5.41, 5.74) is -3.79. The van der Waals surface area contributed by atoms with Crippen LogP contribution < -0.4 is 4.74 Å². The number of carbonyl (C=O) groups excluding carboxylic acids is 5. The van der Waals surface area contributed by atoms with E-state index < -0.39 is 95.5 Å². The minimum absolute atomic E-state index is 0.0312. The molecule has 2 aromatic carbocycles. The number of phenols is 2. The van der Waals surface area contributed by atoms with E-state index in [4.69, 9.17) is 23.7 Å². The van der Waals surface area contributed by atoms with Crippen LogP contribution in [0.25, 0.3) is 0 Å². The molecule has 318 valence electrons. The molecule has 0 spiro atoms. The lowest BCUT2D eigenvalue weighted by Gasteiger charge is -2.42. The number of aliphatic hydroxyl groups excluding tert-OH is 2. The Bertz CT molecular complexity index is 1880. The quantitative estimate of drug-likeness (QED) is 0.0855. The first-order chi connectivity index (χ1) is 27.4. The van der Waals surface area contributed by atoms with Gasteiger partial charge in [-0.1, -0.05) is 32.9 Å². The lowest BCUT2D eigenvalue weighted by atomic mass is 9.72. The molecule has 1 fully saturated rings. The first kappa shape index (κ1) is 45.0. The number of hydrogen-bond donors (Lipinski definition) is 5. The smallest absolute Gasteiger partial charge is 0.202 e. The zero-order valence-corrected chi connectivity index (χ0v) is 33.8. The first-order valence-electron chi connectivity index (χ1n) is 19.8. The fourth-order valence-corrected chi connectivity index (χ4v) is 7.88. The number of ketones is 5. The minimum atomic E-state index is -2.33. The third kappa shape index (κ3) is 10.0. The zero-order valence-electron chi connectivity index (χ0n) is 33.8. The summed E-state index contributed by atoms with van der Waals surface area (Å²) in [5.74, 6) is -5.06. The van der Waals surface area contributed by atoms with Crippen molar-refractivity contribution in [1.29, 1.82) is 0 Å². The summed E-state index contributed by atoms with van der Waals surface area (Å²) in [6.07, 6.45) is -4.23. The van der Waals surface area contributed by atoms with E-state index in [0.717, 1.165) is 6.42 Å². The predicted octanol–water partition coefficient (Wildman–Crippen LogP) is 3.85. The van der Waals surface area contributed by atoms with Gasteiger partial charge in [0.1, 0.15) is 41.0 Å². The lowest BCUT2D eigenvalue weighted by molar-refractivity contribution is -0.257. The summed E-state index contributed by atoms with van der Waals surface area (Å²) in [4.78, 5) is 66.2. The number of aliphatic hydroxyl groups is 3. The Morgan fingerprint density at radius 1 is 0.914 bits per heavy atom. The monoisotopic (exact) mass is 812 g/mol. The number of hydrogen-bond acceptors (Lipinski definition) is 15. The number of Topliss-reactive ketones (excluding diaryl/α,β-unsaturated/α-hetero) is 3. The molecule has 2 aromatic rings.